The van der Waals surface area contributed by atoms with Crippen molar-refractivity contribution in [3.63, 3.8) is 0 Å². The first-order valence-corrected chi connectivity index (χ1v) is 10.5. The molecule has 29 heavy (non-hydrogen) atoms. The van der Waals surface area contributed by atoms with E-state index in [1.165, 1.54) is 18.4 Å². The van der Waals surface area contributed by atoms with Crippen molar-refractivity contribution in [3.8, 4) is 23.1 Å². The molecule has 2 aromatic heterocycles. The summed E-state index contributed by atoms with van der Waals surface area (Å²) < 4.78 is 48.6. The molecule has 1 aliphatic heterocycles. The van der Waals surface area contributed by atoms with Crippen molar-refractivity contribution in [3.05, 3.63) is 36.6 Å². The molecule has 154 valence electrons. The van der Waals surface area contributed by atoms with Gasteiger partial charge < -0.3 is 28.5 Å². The lowest BCUT2D eigenvalue weighted by atomic mass is 10.3. The van der Waals surface area contributed by atoms with E-state index < -0.39 is 9.84 Å². The molecule has 0 spiro atoms. The predicted molar refractivity (Wildman–Crippen MR) is 104 cm³/mol. The van der Waals surface area contributed by atoms with Gasteiger partial charge in [0.1, 0.15) is 13.2 Å². The summed E-state index contributed by atoms with van der Waals surface area (Å²) in [5.41, 5.74) is 0. The molecule has 0 fully saturated rings. The van der Waals surface area contributed by atoms with Gasteiger partial charge in [0.25, 0.3) is 5.89 Å². The number of ether oxygens (including phenoxy) is 2. The molecule has 3 heterocycles. The zero-order valence-corrected chi connectivity index (χ0v) is 16.9. The average molecular weight is 419 g/mol. The summed E-state index contributed by atoms with van der Waals surface area (Å²) in [5, 5.41) is 2.81. The number of nitrogens with zero attached hydrogens (tertiary/aromatic N) is 2. The number of rotatable bonds is 7. The summed E-state index contributed by atoms with van der Waals surface area (Å²) >= 11 is 0. The summed E-state index contributed by atoms with van der Waals surface area (Å²) in [7, 11) is -0.143. The standard InChI is InChI=1S/C19H21N3O6S/c1-22(2)8-7-20-18-19(21-17(28-18)15-4-3-9-25-15)29(23,24)13-5-6-14-16(12-13)27-11-10-26-14/h3-6,9,12,20H,7-8,10-11H2,1-2H3. The number of benzene rings is 1. The molecule has 0 radical (unpaired) electrons. The number of hydrogen-bond acceptors (Lipinski definition) is 9. The van der Waals surface area contributed by atoms with Crippen LogP contribution in [0.4, 0.5) is 5.88 Å². The zero-order valence-electron chi connectivity index (χ0n) is 16.0. The van der Waals surface area contributed by atoms with E-state index in [-0.39, 0.29) is 21.7 Å². The van der Waals surface area contributed by atoms with Crippen LogP contribution in [0.3, 0.4) is 0 Å². The topological polar surface area (TPSA) is 107 Å². The minimum atomic E-state index is -3.98. The van der Waals surface area contributed by atoms with Crippen molar-refractivity contribution in [2.75, 3.05) is 45.7 Å². The largest absolute Gasteiger partial charge is 0.486 e. The molecule has 9 nitrogen and oxygen atoms in total. The van der Waals surface area contributed by atoms with Crippen LogP contribution >= 0.6 is 0 Å². The number of aromatic nitrogens is 1. The van der Waals surface area contributed by atoms with Gasteiger partial charge in [-0.2, -0.15) is 4.98 Å². The number of anilines is 1. The van der Waals surface area contributed by atoms with Crippen LogP contribution in [0.1, 0.15) is 0 Å². The highest BCUT2D eigenvalue weighted by Crippen LogP contribution is 2.37. The summed E-state index contributed by atoms with van der Waals surface area (Å²) in [6.07, 6.45) is 1.47. The Kier molecular flexibility index (Phi) is 5.20. The SMILES string of the molecule is CN(C)CCNc1oc(-c2ccco2)nc1S(=O)(=O)c1ccc2c(c1)OCCO2. The van der Waals surface area contributed by atoms with Gasteiger partial charge in [0, 0.05) is 19.2 Å². The first-order chi connectivity index (χ1) is 13.9. The smallest absolute Gasteiger partial charge is 0.266 e. The third-order valence-electron chi connectivity index (χ3n) is 4.25. The summed E-state index contributed by atoms with van der Waals surface area (Å²) in [6, 6.07) is 7.81. The van der Waals surface area contributed by atoms with Gasteiger partial charge in [-0.05, 0) is 38.4 Å². The highest BCUT2D eigenvalue weighted by Gasteiger charge is 2.30. The van der Waals surface area contributed by atoms with Crippen LogP contribution in [0, 0.1) is 0 Å². The van der Waals surface area contributed by atoms with Crippen LogP contribution in [0.5, 0.6) is 11.5 Å². The third-order valence-corrected chi connectivity index (χ3v) is 5.91. The molecular formula is C19H21N3O6S. The molecule has 10 heteroatoms. The van der Waals surface area contributed by atoms with Gasteiger partial charge >= 0.3 is 0 Å². The zero-order chi connectivity index (χ0) is 20.4. The maximum atomic E-state index is 13.3. The maximum Gasteiger partial charge on any atom is 0.266 e. The van der Waals surface area contributed by atoms with Crippen LogP contribution in [0.2, 0.25) is 0 Å². The van der Waals surface area contributed by atoms with Gasteiger partial charge in [-0.15, -0.1) is 0 Å². The monoisotopic (exact) mass is 419 g/mol. The third kappa shape index (κ3) is 3.94. The fourth-order valence-corrected chi connectivity index (χ4v) is 4.09. The Morgan fingerprint density at radius 1 is 1.14 bits per heavy atom. The molecule has 0 saturated carbocycles. The Balaban J connectivity index is 1.73. The lowest BCUT2D eigenvalue weighted by Crippen LogP contribution is -2.21. The molecule has 1 N–H and O–H groups in total. The van der Waals surface area contributed by atoms with Crippen molar-refractivity contribution in [2.45, 2.75) is 9.92 Å². The molecule has 1 aromatic carbocycles. The van der Waals surface area contributed by atoms with E-state index in [1.54, 1.807) is 18.2 Å². The van der Waals surface area contributed by atoms with Crippen molar-refractivity contribution < 1.29 is 26.7 Å². The van der Waals surface area contributed by atoms with Gasteiger partial charge in [-0.3, -0.25) is 0 Å². The van der Waals surface area contributed by atoms with E-state index in [4.69, 9.17) is 18.3 Å². The molecule has 0 bridgehead atoms. The number of likely N-dealkylation sites (N-methyl/N-ethyl adjacent to an activating group) is 1. The molecule has 0 unspecified atom stereocenters. The van der Waals surface area contributed by atoms with Crippen LogP contribution in [-0.2, 0) is 9.84 Å². The average Bonchev–Trinajstić information content (AvgIpc) is 3.37. The predicted octanol–water partition coefficient (Wildman–Crippen LogP) is 2.51. The summed E-state index contributed by atoms with van der Waals surface area (Å²) in [4.78, 5) is 6.22. The fraction of sp³-hybridized carbons (Fsp3) is 0.316. The van der Waals surface area contributed by atoms with Gasteiger partial charge in [0.15, 0.2) is 17.3 Å². The van der Waals surface area contributed by atoms with E-state index in [1.807, 2.05) is 19.0 Å². The second kappa shape index (κ2) is 7.80. The van der Waals surface area contributed by atoms with Gasteiger partial charge in [-0.25, -0.2) is 8.42 Å². The second-order valence-electron chi connectivity index (χ2n) is 6.67. The summed E-state index contributed by atoms with van der Waals surface area (Å²) in [5.74, 6) is 1.38. The lowest BCUT2D eigenvalue weighted by molar-refractivity contribution is 0.171. The number of hydrogen-bond donors (Lipinski definition) is 1. The quantitative estimate of drug-likeness (QED) is 0.618. The first kappa shape index (κ1) is 19.3. The number of sulfone groups is 1. The van der Waals surface area contributed by atoms with E-state index in [2.05, 4.69) is 10.3 Å². The molecule has 0 aliphatic carbocycles. The second-order valence-corrected chi connectivity index (χ2v) is 8.53. The van der Waals surface area contributed by atoms with Crippen LogP contribution in [0.25, 0.3) is 11.7 Å². The van der Waals surface area contributed by atoms with E-state index >= 15 is 0 Å². The highest BCUT2D eigenvalue weighted by molar-refractivity contribution is 7.91. The lowest BCUT2D eigenvalue weighted by Gasteiger charge is -2.18. The molecule has 0 amide bonds. The normalized spacial score (nSPS) is 13.6. The Morgan fingerprint density at radius 3 is 2.66 bits per heavy atom. The van der Waals surface area contributed by atoms with E-state index in [0.717, 1.165) is 0 Å². The Hall–Kier alpha value is -2.98. The fourth-order valence-electron chi connectivity index (χ4n) is 2.80. The van der Waals surface area contributed by atoms with Crippen molar-refractivity contribution >= 4 is 15.7 Å². The Bertz CT molecular complexity index is 1090. The van der Waals surface area contributed by atoms with Gasteiger partial charge in [0.2, 0.25) is 20.7 Å². The Morgan fingerprint density at radius 2 is 1.93 bits per heavy atom. The molecule has 0 atom stereocenters. The van der Waals surface area contributed by atoms with Gasteiger partial charge in [0.05, 0.1) is 11.2 Å². The van der Waals surface area contributed by atoms with Crippen molar-refractivity contribution in [2.24, 2.45) is 0 Å². The summed E-state index contributed by atoms with van der Waals surface area (Å²) in [6.45, 7) is 1.94. The van der Waals surface area contributed by atoms with Crippen LogP contribution in [0.15, 0.2) is 55.4 Å². The van der Waals surface area contributed by atoms with E-state index in [9.17, 15) is 8.42 Å². The van der Waals surface area contributed by atoms with Crippen LogP contribution < -0.4 is 14.8 Å². The molecule has 1 aliphatic rings. The minimum absolute atomic E-state index is 0.0386. The number of furan rings is 1. The van der Waals surface area contributed by atoms with Crippen molar-refractivity contribution in [1.82, 2.24) is 9.88 Å². The maximum absolute atomic E-state index is 13.3. The van der Waals surface area contributed by atoms with E-state index in [0.29, 0.717) is 43.6 Å². The minimum Gasteiger partial charge on any atom is -0.486 e. The molecule has 3 aromatic rings. The van der Waals surface area contributed by atoms with Crippen molar-refractivity contribution in [1.29, 1.82) is 0 Å². The molecular weight excluding hydrogens is 398 g/mol. The molecule has 0 saturated heterocycles. The first-order valence-electron chi connectivity index (χ1n) is 9.03. The number of fused-ring (bicyclic) bond motifs is 1. The number of nitrogens with one attached hydrogen (secondary N) is 1. The highest BCUT2D eigenvalue weighted by atomic mass is 32.2. The van der Waals surface area contributed by atoms with Crippen LogP contribution in [-0.4, -0.2) is 58.7 Å². The Labute approximate surface area is 168 Å². The number of oxazole rings is 1. The van der Waals surface area contributed by atoms with Gasteiger partial charge in [-0.1, -0.05) is 0 Å². The molecule has 4 rings (SSSR count).